The SMILES string of the molecule is O=C1Cc2cc(S(=O)(=O)NOCCOc3ccccc3)ccc2N1. The van der Waals surface area contributed by atoms with E-state index in [4.69, 9.17) is 9.57 Å². The zero-order valence-corrected chi connectivity index (χ0v) is 13.5. The number of hydrogen-bond donors (Lipinski definition) is 2. The molecule has 3 rings (SSSR count). The zero-order chi connectivity index (χ0) is 17.0. The van der Waals surface area contributed by atoms with Crippen molar-refractivity contribution < 1.29 is 22.8 Å². The van der Waals surface area contributed by atoms with Crippen LogP contribution in [0.4, 0.5) is 5.69 Å². The summed E-state index contributed by atoms with van der Waals surface area (Å²) >= 11 is 0. The number of sulfonamides is 1. The molecule has 0 bridgehead atoms. The van der Waals surface area contributed by atoms with Crippen LogP contribution in [0.1, 0.15) is 5.56 Å². The average Bonchev–Trinajstić information content (AvgIpc) is 2.94. The predicted octanol–water partition coefficient (Wildman–Crippen LogP) is 1.47. The molecule has 0 aliphatic carbocycles. The molecule has 0 saturated carbocycles. The van der Waals surface area contributed by atoms with Gasteiger partial charge in [0.1, 0.15) is 19.0 Å². The van der Waals surface area contributed by atoms with Crippen molar-refractivity contribution in [3.8, 4) is 5.75 Å². The smallest absolute Gasteiger partial charge is 0.262 e. The predicted molar refractivity (Wildman–Crippen MR) is 87.0 cm³/mol. The Morgan fingerprint density at radius 3 is 2.67 bits per heavy atom. The maximum atomic E-state index is 12.2. The van der Waals surface area contributed by atoms with Gasteiger partial charge in [-0.05, 0) is 35.9 Å². The van der Waals surface area contributed by atoms with Crippen LogP contribution in [0.5, 0.6) is 5.75 Å². The zero-order valence-electron chi connectivity index (χ0n) is 12.7. The van der Waals surface area contributed by atoms with Crippen LogP contribution in [0.2, 0.25) is 0 Å². The summed E-state index contributed by atoms with van der Waals surface area (Å²) in [6.45, 7) is 0.258. The second kappa shape index (κ2) is 7.00. The van der Waals surface area contributed by atoms with E-state index in [-0.39, 0.29) is 30.4 Å². The van der Waals surface area contributed by atoms with E-state index >= 15 is 0 Å². The molecule has 2 N–H and O–H groups in total. The van der Waals surface area contributed by atoms with Gasteiger partial charge in [-0.3, -0.25) is 9.63 Å². The molecule has 0 spiro atoms. The van der Waals surface area contributed by atoms with Gasteiger partial charge in [-0.1, -0.05) is 23.1 Å². The van der Waals surface area contributed by atoms with Crippen LogP contribution in [-0.4, -0.2) is 27.5 Å². The lowest BCUT2D eigenvalue weighted by atomic mass is 10.2. The molecule has 0 fully saturated rings. The fourth-order valence-corrected chi connectivity index (χ4v) is 3.14. The summed E-state index contributed by atoms with van der Waals surface area (Å²) in [7, 11) is -3.81. The molecule has 126 valence electrons. The molecule has 0 aromatic heterocycles. The minimum Gasteiger partial charge on any atom is -0.491 e. The van der Waals surface area contributed by atoms with Crippen molar-refractivity contribution in [3.63, 3.8) is 0 Å². The van der Waals surface area contributed by atoms with Gasteiger partial charge in [0.05, 0.1) is 11.3 Å². The fourth-order valence-electron chi connectivity index (χ4n) is 2.26. The Kier molecular flexibility index (Phi) is 4.79. The molecule has 0 atom stereocenters. The highest BCUT2D eigenvalue weighted by molar-refractivity contribution is 7.89. The third kappa shape index (κ3) is 3.91. The largest absolute Gasteiger partial charge is 0.491 e. The second-order valence-corrected chi connectivity index (χ2v) is 6.79. The van der Waals surface area contributed by atoms with Crippen LogP contribution in [0.15, 0.2) is 53.4 Å². The van der Waals surface area contributed by atoms with Gasteiger partial charge in [0.15, 0.2) is 0 Å². The second-order valence-electron chi connectivity index (χ2n) is 5.14. The minimum atomic E-state index is -3.81. The van der Waals surface area contributed by atoms with Crippen molar-refractivity contribution >= 4 is 21.6 Å². The lowest BCUT2D eigenvalue weighted by molar-refractivity contribution is -0.115. The molecule has 24 heavy (non-hydrogen) atoms. The Morgan fingerprint density at radius 2 is 1.88 bits per heavy atom. The van der Waals surface area contributed by atoms with Gasteiger partial charge in [-0.15, -0.1) is 0 Å². The minimum absolute atomic E-state index is 0.0433. The lowest BCUT2D eigenvalue weighted by Crippen LogP contribution is -2.26. The van der Waals surface area contributed by atoms with Crippen molar-refractivity contribution in [1.82, 2.24) is 4.89 Å². The monoisotopic (exact) mass is 348 g/mol. The Hall–Kier alpha value is -2.42. The number of fused-ring (bicyclic) bond motifs is 1. The standard InChI is InChI=1S/C16H16N2O5S/c19-16-11-12-10-14(6-7-15(12)17-16)24(20,21)18-23-9-8-22-13-4-2-1-3-5-13/h1-7,10,18H,8-9,11H2,(H,17,19). The number of nitrogens with one attached hydrogen (secondary N) is 2. The fraction of sp³-hybridized carbons (Fsp3) is 0.188. The molecule has 1 aliphatic rings. The maximum Gasteiger partial charge on any atom is 0.262 e. The van der Waals surface area contributed by atoms with Gasteiger partial charge in [0.2, 0.25) is 5.91 Å². The summed E-state index contributed by atoms with van der Waals surface area (Å²) in [6.07, 6.45) is 0.171. The van der Waals surface area contributed by atoms with Crippen LogP contribution < -0.4 is 14.9 Å². The van der Waals surface area contributed by atoms with Crippen LogP contribution in [0.3, 0.4) is 0 Å². The molecular weight excluding hydrogens is 332 g/mol. The normalized spacial score (nSPS) is 13.4. The number of ether oxygens (including phenoxy) is 1. The van der Waals surface area contributed by atoms with Crippen molar-refractivity contribution in [2.24, 2.45) is 0 Å². The van der Waals surface area contributed by atoms with Gasteiger partial charge in [0, 0.05) is 5.69 Å². The van der Waals surface area contributed by atoms with Crippen LogP contribution in [0.25, 0.3) is 0 Å². The third-order valence-corrected chi connectivity index (χ3v) is 4.59. The first-order chi connectivity index (χ1) is 11.5. The quantitative estimate of drug-likeness (QED) is 0.584. The molecule has 1 amide bonds. The Bertz CT molecular complexity index is 837. The van der Waals surface area contributed by atoms with Gasteiger partial charge < -0.3 is 10.1 Å². The van der Waals surface area contributed by atoms with E-state index in [0.29, 0.717) is 17.0 Å². The molecular formula is C16H16N2O5S. The number of carbonyl (C=O) groups is 1. The molecule has 8 heteroatoms. The molecule has 2 aromatic carbocycles. The summed E-state index contributed by atoms with van der Waals surface area (Å²) in [5, 5.41) is 2.65. The number of amides is 1. The van der Waals surface area contributed by atoms with Crippen molar-refractivity contribution in [2.75, 3.05) is 18.5 Å². The van der Waals surface area contributed by atoms with Gasteiger partial charge in [-0.2, -0.15) is 0 Å². The lowest BCUT2D eigenvalue weighted by Gasteiger charge is -2.09. The van der Waals surface area contributed by atoms with Crippen molar-refractivity contribution in [2.45, 2.75) is 11.3 Å². The highest BCUT2D eigenvalue weighted by atomic mass is 32.2. The summed E-state index contributed by atoms with van der Waals surface area (Å²) in [5.74, 6) is 0.529. The number of carbonyl (C=O) groups excluding carboxylic acids is 1. The molecule has 1 heterocycles. The van der Waals surface area contributed by atoms with Crippen molar-refractivity contribution in [1.29, 1.82) is 0 Å². The number of anilines is 1. The molecule has 0 radical (unpaired) electrons. The molecule has 2 aromatic rings. The van der Waals surface area contributed by atoms with E-state index in [1.807, 2.05) is 18.2 Å². The van der Waals surface area contributed by atoms with E-state index in [2.05, 4.69) is 10.2 Å². The first-order valence-electron chi connectivity index (χ1n) is 7.29. The summed E-state index contributed by atoms with van der Waals surface area (Å²) in [4.78, 5) is 18.4. The van der Waals surface area contributed by atoms with E-state index in [9.17, 15) is 13.2 Å². The van der Waals surface area contributed by atoms with E-state index in [1.54, 1.807) is 18.2 Å². The van der Waals surface area contributed by atoms with Crippen LogP contribution >= 0.6 is 0 Å². The number of rotatable bonds is 7. The molecule has 1 aliphatic heterocycles. The number of benzene rings is 2. The summed E-state index contributed by atoms with van der Waals surface area (Å²) in [5.41, 5.74) is 1.28. The summed E-state index contributed by atoms with van der Waals surface area (Å²) in [6, 6.07) is 13.6. The highest BCUT2D eigenvalue weighted by Crippen LogP contribution is 2.25. The van der Waals surface area contributed by atoms with Gasteiger partial charge in [0.25, 0.3) is 10.0 Å². The van der Waals surface area contributed by atoms with E-state index in [1.165, 1.54) is 12.1 Å². The Balaban J connectivity index is 1.51. The Morgan fingerprint density at radius 1 is 1.08 bits per heavy atom. The first kappa shape index (κ1) is 16.4. The Labute approximate surface area is 139 Å². The van der Waals surface area contributed by atoms with Crippen LogP contribution in [-0.2, 0) is 26.1 Å². The molecule has 0 saturated heterocycles. The highest BCUT2D eigenvalue weighted by Gasteiger charge is 2.21. The molecule has 0 unspecified atom stereocenters. The topological polar surface area (TPSA) is 93.7 Å². The van der Waals surface area contributed by atoms with Crippen LogP contribution in [0, 0.1) is 0 Å². The first-order valence-corrected chi connectivity index (χ1v) is 8.77. The van der Waals surface area contributed by atoms with E-state index < -0.39 is 10.0 Å². The van der Waals surface area contributed by atoms with E-state index in [0.717, 1.165) is 0 Å². The number of para-hydroxylation sites is 1. The number of hydrogen-bond acceptors (Lipinski definition) is 5. The summed E-state index contributed by atoms with van der Waals surface area (Å²) < 4.78 is 29.7. The average molecular weight is 348 g/mol. The molecule has 7 nitrogen and oxygen atoms in total. The maximum absolute atomic E-state index is 12.2. The third-order valence-electron chi connectivity index (χ3n) is 3.38. The van der Waals surface area contributed by atoms with Crippen molar-refractivity contribution in [3.05, 3.63) is 54.1 Å². The van der Waals surface area contributed by atoms with Gasteiger partial charge in [-0.25, -0.2) is 8.42 Å². The van der Waals surface area contributed by atoms with Gasteiger partial charge >= 0.3 is 0 Å².